The average Bonchev–Trinajstić information content (AvgIpc) is 3.42. The van der Waals surface area contributed by atoms with E-state index < -0.39 is 11.9 Å². The lowest BCUT2D eigenvalue weighted by Gasteiger charge is -2.38. The van der Waals surface area contributed by atoms with E-state index in [2.05, 4.69) is 4.98 Å². The lowest BCUT2D eigenvalue weighted by atomic mass is 9.79. The van der Waals surface area contributed by atoms with Crippen molar-refractivity contribution in [1.82, 2.24) is 14.8 Å². The van der Waals surface area contributed by atoms with E-state index in [1.54, 1.807) is 40.3 Å². The van der Waals surface area contributed by atoms with Gasteiger partial charge in [-0.3, -0.25) is 14.4 Å². The minimum absolute atomic E-state index is 0.0741. The number of carbonyl (C=O) groups excluding carboxylic acids is 2. The Morgan fingerprint density at radius 3 is 2.47 bits per heavy atom. The molecule has 0 spiro atoms. The minimum atomic E-state index is -0.951. The second kappa shape index (κ2) is 8.68. The summed E-state index contributed by atoms with van der Waals surface area (Å²) in [4.78, 5) is 44.7. The molecular formula is C25H24ClN3O5. The zero-order chi connectivity index (χ0) is 24.0. The van der Waals surface area contributed by atoms with Gasteiger partial charge in [-0.15, -0.1) is 0 Å². The van der Waals surface area contributed by atoms with Gasteiger partial charge in [-0.1, -0.05) is 17.7 Å². The number of fused-ring (bicyclic) bond motifs is 2. The first kappa shape index (κ1) is 22.3. The number of benzene rings is 2. The number of amides is 2. The SMILES string of the molecule is O=C(O)C1CN(C(=O)Cc2c[nH]c3cc(Cl)ccc23)CC2CN(C(=O)c3ccc(O)cc3)CC21. The van der Waals surface area contributed by atoms with Gasteiger partial charge in [0.2, 0.25) is 5.91 Å². The second-order valence-corrected chi connectivity index (χ2v) is 9.54. The van der Waals surface area contributed by atoms with Crippen molar-refractivity contribution >= 4 is 40.3 Å². The summed E-state index contributed by atoms with van der Waals surface area (Å²) >= 11 is 6.04. The highest BCUT2D eigenvalue weighted by Gasteiger charge is 2.47. The molecule has 34 heavy (non-hydrogen) atoms. The molecule has 3 unspecified atom stereocenters. The van der Waals surface area contributed by atoms with Crippen LogP contribution in [-0.2, 0) is 16.0 Å². The van der Waals surface area contributed by atoms with Gasteiger partial charge in [0.15, 0.2) is 0 Å². The van der Waals surface area contributed by atoms with E-state index in [9.17, 15) is 24.6 Å². The molecule has 2 amide bonds. The van der Waals surface area contributed by atoms with E-state index in [1.807, 2.05) is 6.07 Å². The second-order valence-electron chi connectivity index (χ2n) is 9.10. The summed E-state index contributed by atoms with van der Waals surface area (Å²) in [6, 6.07) is 11.5. The first-order valence-corrected chi connectivity index (χ1v) is 11.5. The number of aromatic nitrogens is 1. The van der Waals surface area contributed by atoms with Gasteiger partial charge in [0.05, 0.1) is 12.3 Å². The Bertz CT molecular complexity index is 1270. The summed E-state index contributed by atoms with van der Waals surface area (Å²) in [5.74, 6) is -2.27. The van der Waals surface area contributed by atoms with Crippen molar-refractivity contribution in [2.45, 2.75) is 6.42 Å². The fourth-order valence-electron chi connectivity index (χ4n) is 5.27. The van der Waals surface area contributed by atoms with Gasteiger partial charge in [-0.2, -0.15) is 0 Å². The predicted octanol–water partition coefficient (Wildman–Crippen LogP) is 3.00. The molecule has 2 aromatic carbocycles. The molecule has 0 bridgehead atoms. The number of hydrogen-bond donors (Lipinski definition) is 3. The molecule has 9 heteroatoms. The Morgan fingerprint density at radius 1 is 1.00 bits per heavy atom. The van der Waals surface area contributed by atoms with Crippen LogP contribution in [-0.4, -0.2) is 69.0 Å². The highest BCUT2D eigenvalue weighted by Crippen LogP contribution is 2.36. The maximum Gasteiger partial charge on any atom is 0.308 e. The molecule has 8 nitrogen and oxygen atoms in total. The number of carboxylic acid groups (broad SMARTS) is 1. The average molecular weight is 482 g/mol. The number of nitrogens with one attached hydrogen (secondary N) is 1. The van der Waals surface area contributed by atoms with Crippen molar-refractivity contribution in [3.05, 3.63) is 64.8 Å². The van der Waals surface area contributed by atoms with Crippen LogP contribution in [0.15, 0.2) is 48.7 Å². The van der Waals surface area contributed by atoms with Gasteiger partial charge in [-0.05, 0) is 53.8 Å². The Balaban J connectivity index is 1.32. The molecule has 0 saturated carbocycles. The van der Waals surface area contributed by atoms with E-state index in [4.69, 9.17) is 11.6 Å². The summed E-state index contributed by atoms with van der Waals surface area (Å²) in [6.45, 7) is 1.28. The molecule has 2 saturated heterocycles. The Labute approximate surface area is 200 Å². The number of aromatic hydroxyl groups is 1. The highest BCUT2D eigenvalue weighted by atomic mass is 35.5. The lowest BCUT2D eigenvalue weighted by Crippen LogP contribution is -2.51. The summed E-state index contributed by atoms with van der Waals surface area (Å²) in [5.41, 5.74) is 2.12. The van der Waals surface area contributed by atoms with E-state index in [1.165, 1.54) is 12.1 Å². The van der Waals surface area contributed by atoms with Crippen LogP contribution in [0.5, 0.6) is 5.75 Å². The number of carbonyl (C=O) groups is 3. The van der Waals surface area contributed by atoms with Gasteiger partial charge in [0.1, 0.15) is 5.75 Å². The third-order valence-corrected chi connectivity index (χ3v) is 7.26. The minimum Gasteiger partial charge on any atom is -0.508 e. The van der Waals surface area contributed by atoms with Crippen molar-refractivity contribution in [2.75, 3.05) is 26.2 Å². The number of piperidine rings is 1. The molecule has 0 aliphatic carbocycles. The molecule has 176 valence electrons. The molecule has 2 aliphatic heterocycles. The summed E-state index contributed by atoms with van der Waals surface area (Å²) in [6.07, 6.45) is 1.94. The summed E-state index contributed by atoms with van der Waals surface area (Å²) < 4.78 is 0. The van der Waals surface area contributed by atoms with Crippen LogP contribution in [0, 0.1) is 17.8 Å². The number of phenols is 1. The van der Waals surface area contributed by atoms with Crippen LogP contribution in [0.25, 0.3) is 10.9 Å². The van der Waals surface area contributed by atoms with Gasteiger partial charge < -0.3 is 25.0 Å². The lowest BCUT2D eigenvalue weighted by molar-refractivity contribution is -0.149. The van der Waals surface area contributed by atoms with Gasteiger partial charge >= 0.3 is 5.97 Å². The number of aliphatic carboxylic acids is 1. The maximum atomic E-state index is 13.2. The number of carboxylic acids is 1. The standard InChI is InChI=1S/C25H24ClN3O5/c26-17-3-6-19-15(9-27-22(19)8-17)7-23(31)28-10-16-11-29(12-20(16)21(13-28)25(33)34)24(32)14-1-4-18(30)5-2-14/h1-6,8-9,16,20-21,27,30H,7,10-13H2,(H,33,34). The molecule has 3 atom stereocenters. The molecular weight excluding hydrogens is 458 g/mol. The number of rotatable bonds is 4. The number of hydrogen-bond acceptors (Lipinski definition) is 4. The normalized spacial score (nSPS) is 22.1. The molecule has 2 aliphatic rings. The maximum absolute atomic E-state index is 13.2. The first-order valence-electron chi connectivity index (χ1n) is 11.1. The van der Waals surface area contributed by atoms with E-state index in [0.29, 0.717) is 30.2 Å². The monoisotopic (exact) mass is 481 g/mol. The fraction of sp³-hybridized carbons (Fsp3) is 0.320. The third kappa shape index (κ3) is 4.09. The molecule has 2 fully saturated rings. The van der Waals surface area contributed by atoms with Crippen molar-refractivity contribution < 1.29 is 24.6 Å². The number of aromatic amines is 1. The molecule has 3 N–H and O–H groups in total. The molecule has 1 aromatic heterocycles. The zero-order valence-electron chi connectivity index (χ0n) is 18.3. The number of H-pyrrole nitrogens is 1. The van der Waals surface area contributed by atoms with Gasteiger partial charge in [0.25, 0.3) is 5.91 Å². The topological polar surface area (TPSA) is 114 Å². The van der Waals surface area contributed by atoms with Gasteiger partial charge in [0, 0.05) is 53.9 Å². The Kier molecular flexibility index (Phi) is 5.69. The van der Waals surface area contributed by atoms with Crippen molar-refractivity contribution in [3.63, 3.8) is 0 Å². The predicted molar refractivity (Wildman–Crippen MR) is 126 cm³/mol. The van der Waals surface area contributed by atoms with Crippen LogP contribution in [0.4, 0.5) is 0 Å². The Hall–Kier alpha value is -3.52. The number of phenolic OH excluding ortho intramolecular Hbond substituents is 1. The largest absolute Gasteiger partial charge is 0.508 e. The van der Waals surface area contributed by atoms with Crippen LogP contribution in [0.1, 0.15) is 15.9 Å². The number of nitrogens with zero attached hydrogens (tertiary/aromatic N) is 2. The number of halogens is 1. The molecule has 3 aromatic rings. The van der Waals surface area contributed by atoms with Crippen molar-refractivity contribution in [1.29, 1.82) is 0 Å². The van der Waals surface area contributed by atoms with Crippen molar-refractivity contribution in [3.8, 4) is 5.75 Å². The van der Waals surface area contributed by atoms with Crippen LogP contribution in [0.2, 0.25) is 5.02 Å². The van der Waals surface area contributed by atoms with Crippen LogP contribution < -0.4 is 0 Å². The third-order valence-electron chi connectivity index (χ3n) is 7.02. The summed E-state index contributed by atoms with van der Waals surface area (Å²) in [7, 11) is 0. The van der Waals surface area contributed by atoms with E-state index >= 15 is 0 Å². The molecule has 0 radical (unpaired) electrons. The molecule has 5 rings (SSSR count). The van der Waals surface area contributed by atoms with Crippen LogP contribution in [0.3, 0.4) is 0 Å². The van der Waals surface area contributed by atoms with Crippen molar-refractivity contribution in [2.24, 2.45) is 17.8 Å². The smallest absolute Gasteiger partial charge is 0.308 e. The highest BCUT2D eigenvalue weighted by molar-refractivity contribution is 6.31. The van der Waals surface area contributed by atoms with E-state index in [-0.39, 0.29) is 42.4 Å². The zero-order valence-corrected chi connectivity index (χ0v) is 19.0. The summed E-state index contributed by atoms with van der Waals surface area (Å²) in [5, 5.41) is 20.9. The first-order chi connectivity index (χ1) is 16.3. The number of likely N-dealkylation sites (tertiary alicyclic amines) is 2. The van der Waals surface area contributed by atoms with E-state index in [0.717, 1.165) is 16.5 Å². The van der Waals surface area contributed by atoms with Gasteiger partial charge in [-0.25, -0.2) is 0 Å². The fourth-order valence-corrected chi connectivity index (χ4v) is 5.44. The van der Waals surface area contributed by atoms with Crippen LogP contribution >= 0.6 is 11.6 Å². The quantitative estimate of drug-likeness (QED) is 0.530. The Morgan fingerprint density at radius 2 is 1.74 bits per heavy atom. The molecule has 3 heterocycles.